The minimum atomic E-state index is -4.45. The number of hydrogen-bond donors (Lipinski definition) is 2. The Balaban J connectivity index is 1.72. The molecule has 0 aliphatic heterocycles. The van der Waals surface area contributed by atoms with Crippen molar-refractivity contribution in [2.24, 2.45) is 5.92 Å². The fraction of sp³-hybridized carbons (Fsp3) is 0.345. The molecule has 0 amide bonds. The Hall–Kier alpha value is -4.28. The number of aromatic nitrogens is 5. The van der Waals surface area contributed by atoms with Gasteiger partial charge in [-0.15, -0.1) is 0 Å². The number of halogens is 3. The Bertz CT molecular complexity index is 1610. The standard InChI is InChI=1S/C29H29F3N6O2/c1-15(2)20-12-16(3)33-22(13-20)27-37-25-23(38(27)14-18-8-10-21(11-9-18)29(30,31)32)24(35-26(36-25)28(39)40)34-17(4)19-6-5-7-19/h8-13,17,19H,1,5-7,14H2,2-4H3,(H,39,40)(H,34,35,36)/t17-/m1/s1. The van der Waals surface area contributed by atoms with Crippen LogP contribution in [0.15, 0.2) is 43.0 Å². The van der Waals surface area contributed by atoms with E-state index in [1.54, 1.807) is 4.57 Å². The van der Waals surface area contributed by atoms with Crippen molar-refractivity contribution >= 4 is 28.5 Å². The molecule has 1 fully saturated rings. The van der Waals surface area contributed by atoms with Crippen LogP contribution in [0.2, 0.25) is 0 Å². The van der Waals surface area contributed by atoms with Crippen molar-refractivity contribution in [1.29, 1.82) is 0 Å². The largest absolute Gasteiger partial charge is 0.475 e. The zero-order valence-corrected chi connectivity index (χ0v) is 22.4. The number of allylic oxidation sites excluding steroid dienone is 1. The Morgan fingerprint density at radius 3 is 2.42 bits per heavy atom. The number of fused-ring (bicyclic) bond motifs is 1. The SMILES string of the molecule is C=C(C)c1cc(C)nc(-c2nc3nc(C(=O)O)nc(N[C@H](C)C4CCC4)c3n2Cc2ccc(C(F)(F)F)cc2)c1. The number of carbonyl (C=O) groups is 1. The smallest absolute Gasteiger partial charge is 0.416 e. The van der Waals surface area contributed by atoms with Gasteiger partial charge in [0.05, 0.1) is 5.56 Å². The predicted molar refractivity (Wildman–Crippen MR) is 146 cm³/mol. The van der Waals surface area contributed by atoms with Crippen LogP contribution in [0.1, 0.15) is 66.1 Å². The molecule has 3 heterocycles. The maximum atomic E-state index is 13.2. The third-order valence-electron chi connectivity index (χ3n) is 7.31. The minimum Gasteiger partial charge on any atom is -0.475 e. The van der Waals surface area contributed by atoms with Gasteiger partial charge in [0.2, 0.25) is 5.82 Å². The van der Waals surface area contributed by atoms with Gasteiger partial charge < -0.3 is 15.0 Å². The molecule has 1 aromatic carbocycles. The number of hydrogen-bond acceptors (Lipinski definition) is 6. The second-order valence-corrected chi connectivity index (χ2v) is 10.4. The summed E-state index contributed by atoms with van der Waals surface area (Å²) >= 11 is 0. The van der Waals surface area contributed by atoms with Crippen LogP contribution in [0.25, 0.3) is 28.3 Å². The second kappa shape index (κ2) is 10.4. The number of anilines is 1. The first-order valence-electron chi connectivity index (χ1n) is 13.0. The van der Waals surface area contributed by atoms with Crippen LogP contribution in [-0.4, -0.2) is 41.6 Å². The fourth-order valence-corrected chi connectivity index (χ4v) is 4.87. The molecule has 1 saturated carbocycles. The summed E-state index contributed by atoms with van der Waals surface area (Å²) < 4.78 is 41.4. The molecule has 0 unspecified atom stereocenters. The highest BCUT2D eigenvalue weighted by atomic mass is 19.4. The average molecular weight is 551 g/mol. The molecule has 0 radical (unpaired) electrons. The molecule has 4 aromatic rings. The number of imidazole rings is 1. The molecular formula is C29H29F3N6O2. The molecule has 40 heavy (non-hydrogen) atoms. The summed E-state index contributed by atoms with van der Waals surface area (Å²) in [6.45, 7) is 9.89. The normalized spacial score (nSPS) is 14.7. The van der Waals surface area contributed by atoms with Gasteiger partial charge >= 0.3 is 12.1 Å². The van der Waals surface area contributed by atoms with E-state index in [0.29, 0.717) is 34.3 Å². The van der Waals surface area contributed by atoms with Crippen molar-refractivity contribution in [2.75, 3.05) is 5.32 Å². The maximum absolute atomic E-state index is 13.2. The van der Waals surface area contributed by atoms with E-state index in [-0.39, 0.29) is 18.2 Å². The first kappa shape index (κ1) is 27.3. The minimum absolute atomic E-state index is 0.0125. The number of pyridine rings is 1. The maximum Gasteiger partial charge on any atom is 0.416 e. The number of rotatable bonds is 8. The zero-order chi connectivity index (χ0) is 28.8. The van der Waals surface area contributed by atoms with E-state index in [9.17, 15) is 23.1 Å². The van der Waals surface area contributed by atoms with Gasteiger partial charge in [-0.25, -0.2) is 24.7 Å². The molecule has 5 rings (SSSR count). The monoisotopic (exact) mass is 550 g/mol. The van der Waals surface area contributed by atoms with E-state index < -0.39 is 23.5 Å². The van der Waals surface area contributed by atoms with E-state index in [1.165, 1.54) is 12.1 Å². The average Bonchev–Trinajstić information content (AvgIpc) is 3.20. The van der Waals surface area contributed by atoms with E-state index in [4.69, 9.17) is 4.98 Å². The van der Waals surface area contributed by atoms with Crippen LogP contribution in [0.4, 0.5) is 19.0 Å². The molecule has 3 aromatic heterocycles. The topological polar surface area (TPSA) is 106 Å². The first-order valence-corrected chi connectivity index (χ1v) is 13.0. The Labute approximate surface area is 229 Å². The van der Waals surface area contributed by atoms with Crippen molar-refractivity contribution < 1.29 is 23.1 Å². The van der Waals surface area contributed by atoms with Crippen LogP contribution < -0.4 is 5.32 Å². The lowest BCUT2D eigenvalue weighted by Gasteiger charge is -2.32. The van der Waals surface area contributed by atoms with E-state index >= 15 is 0 Å². The first-order chi connectivity index (χ1) is 18.9. The molecule has 2 N–H and O–H groups in total. The number of aryl methyl sites for hydroxylation is 1. The Morgan fingerprint density at radius 1 is 1.15 bits per heavy atom. The summed E-state index contributed by atoms with van der Waals surface area (Å²) in [5.74, 6) is -0.585. The van der Waals surface area contributed by atoms with Gasteiger partial charge in [0.15, 0.2) is 17.3 Å². The van der Waals surface area contributed by atoms with E-state index in [1.807, 2.05) is 32.9 Å². The predicted octanol–water partition coefficient (Wildman–Crippen LogP) is 6.60. The van der Waals surface area contributed by atoms with Crippen molar-refractivity contribution in [1.82, 2.24) is 24.5 Å². The van der Waals surface area contributed by atoms with Gasteiger partial charge in [0.1, 0.15) is 11.2 Å². The van der Waals surface area contributed by atoms with Crippen LogP contribution in [-0.2, 0) is 12.7 Å². The molecule has 1 aliphatic rings. The number of nitrogens with zero attached hydrogens (tertiary/aromatic N) is 5. The summed E-state index contributed by atoms with van der Waals surface area (Å²) in [4.78, 5) is 29.8. The number of aromatic carboxylic acids is 1. The van der Waals surface area contributed by atoms with Crippen molar-refractivity contribution in [3.8, 4) is 11.5 Å². The Morgan fingerprint density at radius 2 is 1.85 bits per heavy atom. The van der Waals surface area contributed by atoms with Crippen LogP contribution in [0, 0.1) is 12.8 Å². The summed E-state index contributed by atoms with van der Waals surface area (Å²) in [5, 5.41) is 13.1. The van der Waals surface area contributed by atoms with Gasteiger partial charge in [0, 0.05) is 18.3 Å². The number of carboxylic acid groups (broad SMARTS) is 1. The number of carboxylic acids is 1. The molecule has 0 saturated heterocycles. The number of benzene rings is 1. The van der Waals surface area contributed by atoms with E-state index in [0.717, 1.165) is 48.2 Å². The van der Waals surface area contributed by atoms with Crippen molar-refractivity contribution in [2.45, 2.75) is 58.8 Å². The molecule has 1 atom stereocenters. The molecule has 1 aliphatic carbocycles. The molecule has 208 valence electrons. The van der Waals surface area contributed by atoms with Crippen molar-refractivity contribution in [3.63, 3.8) is 0 Å². The fourth-order valence-electron chi connectivity index (χ4n) is 4.87. The molecule has 8 nitrogen and oxygen atoms in total. The third kappa shape index (κ3) is 5.41. The van der Waals surface area contributed by atoms with Crippen molar-refractivity contribution in [3.05, 3.63) is 71.2 Å². The lowest BCUT2D eigenvalue weighted by atomic mass is 9.80. The van der Waals surface area contributed by atoms with Crippen LogP contribution in [0.5, 0.6) is 0 Å². The van der Waals surface area contributed by atoms with Gasteiger partial charge in [-0.2, -0.15) is 13.2 Å². The summed E-state index contributed by atoms with van der Waals surface area (Å²) in [7, 11) is 0. The van der Waals surface area contributed by atoms with Crippen LogP contribution >= 0.6 is 0 Å². The molecular weight excluding hydrogens is 521 g/mol. The Kier molecular flexibility index (Phi) is 7.07. The van der Waals surface area contributed by atoms with Crippen LogP contribution in [0.3, 0.4) is 0 Å². The summed E-state index contributed by atoms with van der Waals surface area (Å²) in [6.07, 6.45) is -1.20. The number of nitrogens with one attached hydrogen (secondary N) is 1. The molecule has 0 spiro atoms. The lowest BCUT2D eigenvalue weighted by molar-refractivity contribution is -0.137. The summed E-state index contributed by atoms with van der Waals surface area (Å²) in [5.41, 5.74) is 3.33. The highest BCUT2D eigenvalue weighted by molar-refractivity contribution is 5.92. The number of alkyl halides is 3. The second-order valence-electron chi connectivity index (χ2n) is 10.4. The highest BCUT2D eigenvalue weighted by Crippen LogP contribution is 2.35. The third-order valence-corrected chi connectivity index (χ3v) is 7.31. The van der Waals surface area contributed by atoms with E-state index in [2.05, 4.69) is 26.8 Å². The van der Waals surface area contributed by atoms with Gasteiger partial charge in [-0.1, -0.05) is 30.7 Å². The quantitative estimate of drug-likeness (QED) is 0.255. The molecule has 11 heteroatoms. The lowest BCUT2D eigenvalue weighted by Crippen LogP contribution is -2.31. The van der Waals surface area contributed by atoms with Gasteiger partial charge in [-0.3, -0.25) is 0 Å². The summed E-state index contributed by atoms with van der Waals surface area (Å²) in [6, 6.07) is 8.64. The zero-order valence-electron chi connectivity index (χ0n) is 22.4. The van der Waals surface area contributed by atoms with Gasteiger partial charge in [-0.05, 0) is 74.9 Å². The molecule has 0 bridgehead atoms. The highest BCUT2D eigenvalue weighted by Gasteiger charge is 2.31. The van der Waals surface area contributed by atoms with Gasteiger partial charge in [0.25, 0.3) is 0 Å².